The first-order valence-electron chi connectivity index (χ1n) is 5.45. The lowest BCUT2D eigenvalue weighted by atomic mass is 10.1. The van der Waals surface area contributed by atoms with E-state index in [1.807, 2.05) is 30.3 Å². The van der Waals surface area contributed by atoms with Crippen LogP contribution in [-0.2, 0) is 0 Å². The zero-order valence-corrected chi connectivity index (χ0v) is 10.7. The minimum absolute atomic E-state index is 0.159. The van der Waals surface area contributed by atoms with Gasteiger partial charge in [0.15, 0.2) is 0 Å². The summed E-state index contributed by atoms with van der Waals surface area (Å²) in [4.78, 5) is 12.9. The Kier molecular flexibility index (Phi) is 3.58. The van der Waals surface area contributed by atoms with Gasteiger partial charge >= 0.3 is 0 Å². The van der Waals surface area contributed by atoms with E-state index in [-0.39, 0.29) is 5.75 Å². The largest absolute Gasteiger partial charge is 0.507 e. The molecule has 0 radical (unpaired) electrons. The molecule has 0 aliphatic carbocycles. The summed E-state index contributed by atoms with van der Waals surface area (Å²) in [5, 5.41) is 9.89. The second-order valence-electron chi connectivity index (χ2n) is 3.87. The first kappa shape index (κ1) is 12.5. The van der Waals surface area contributed by atoms with Gasteiger partial charge in [-0.25, -0.2) is 0 Å². The standard InChI is InChI=1S/C14H13NO2S/c1-9-11(14(15)17)7-8-12(16)13(9)18-10-5-3-2-4-6-10/h2-8,16H,1H3,(H2,15,17). The fourth-order valence-electron chi connectivity index (χ4n) is 1.68. The number of hydrogen-bond acceptors (Lipinski definition) is 3. The van der Waals surface area contributed by atoms with Crippen molar-refractivity contribution in [2.75, 3.05) is 0 Å². The molecule has 0 aliphatic heterocycles. The maximum atomic E-state index is 11.3. The molecular weight excluding hydrogens is 246 g/mol. The van der Waals surface area contributed by atoms with Gasteiger partial charge in [-0.15, -0.1) is 0 Å². The van der Waals surface area contributed by atoms with Gasteiger partial charge in [0.2, 0.25) is 5.91 Å². The maximum Gasteiger partial charge on any atom is 0.249 e. The first-order valence-corrected chi connectivity index (χ1v) is 6.26. The van der Waals surface area contributed by atoms with Crippen LogP contribution in [0.4, 0.5) is 0 Å². The van der Waals surface area contributed by atoms with Crippen molar-refractivity contribution in [3.8, 4) is 5.75 Å². The van der Waals surface area contributed by atoms with Gasteiger partial charge in [0.05, 0.1) is 4.90 Å². The van der Waals surface area contributed by atoms with Gasteiger partial charge in [-0.2, -0.15) is 0 Å². The lowest BCUT2D eigenvalue weighted by Gasteiger charge is -2.10. The van der Waals surface area contributed by atoms with Crippen LogP contribution in [0.2, 0.25) is 0 Å². The summed E-state index contributed by atoms with van der Waals surface area (Å²) in [6.07, 6.45) is 0. The highest BCUT2D eigenvalue weighted by Gasteiger charge is 2.13. The van der Waals surface area contributed by atoms with Crippen LogP contribution in [0.1, 0.15) is 15.9 Å². The molecule has 0 bridgehead atoms. The predicted octanol–water partition coefficient (Wildman–Crippen LogP) is 2.95. The molecule has 3 nitrogen and oxygen atoms in total. The van der Waals surface area contributed by atoms with E-state index >= 15 is 0 Å². The molecule has 92 valence electrons. The molecule has 3 N–H and O–H groups in total. The number of primary amides is 1. The maximum absolute atomic E-state index is 11.3. The minimum atomic E-state index is -0.484. The predicted molar refractivity (Wildman–Crippen MR) is 71.9 cm³/mol. The zero-order valence-electron chi connectivity index (χ0n) is 9.88. The van der Waals surface area contributed by atoms with E-state index in [1.54, 1.807) is 13.0 Å². The van der Waals surface area contributed by atoms with Crippen LogP contribution in [0.5, 0.6) is 5.75 Å². The molecule has 0 atom stereocenters. The Labute approximate surface area is 110 Å². The molecule has 4 heteroatoms. The van der Waals surface area contributed by atoms with E-state index in [0.29, 0.717) is 16.0 Å². The second kappa shape index (κ2) is 5.14. The van der Waals surface area contributed by atoms with Crippen molar-refractivity contribution in [1.29, 1.82) is 0 Å². The molecular formula is C14H13NO2S. The fourth-order valence-corrected chi connectivity index (χ4v) is 2.64. The van der Waals surface area contributed by atoms with Crippen molar-refractivity contribution in [3.05, 3.63) is 53.6 Å². The summed E-state index contributed by atoms with van der Waals surface area (Å²) in [6, 6.07) is 12.7. The Bertz CT molecular complexity index is 582. The lowest BCUT2D eigenvalue weighted by Crippen LogP contribution is -2.12. The van der Waals surface area contributed by atoms with Crippen LogP contribution in [-0.4, -0.2) is 11.0 Å². The molecule has 0 heterocycles. The molecule has 0 aromatic heterocycles. The number of nitrogens with two attached hydrogens (primary N) is 1. The number of amides is 1. The molecule has 2 aromatic rings. The third-order valence-electron chi connectivity index (χ3n) is 2.61. The highest BCUT2D eigenvalue weighted by molar-refractivity contribution is 7.99. The number of aromatic hydroxyl groups is 1. The number of phenolic OH excluding ortho intramolecular Hbond substituents is 1. The van der Waals surface area contributed by atoms with Crippen LogP contribution in [0.25, 0.3) is 0 Å². The summed E-state index contributed by atoms with van der Waals surface area (Å²) in [5.74, 6) is -0.325. The Hall–Kier alpha value is -1.94. The van der Waals surface area contributed by atoms with Crippen molar-refractivity contribution in [2.24, 2.45) is 5.73 Å². The summed E-state index contributed by atoms with van der Waals surface area (Å²) in [5.41, 5.74) is 6.44. The molecule has 0 unspecified atom stereocenters. The lowest BCUT2D eigenvalue weighted by molar-refractivity contribution is 0.0999. The summed E-state index contributed by atoms with van der Waals surface area (Å²) < 4.78 is 0. The van der Waals surface area contributed by atoms with Gasteiger partial charge in [-0.05, 0) is 36.8 Å². The minimum Gasteiger partial charge on any atom is -0.507 e. The molecule has 2 rings (SSSR count). The van der Waals surface area contributed by atoms with Crippen molar-refractivity contribution < 1.29 is 9.90 Å². The highest BCUT2D eigenvalue weighted by Crippen LogP contribution is 2.37. The molecule has 0 spiro atoms. The quantitative estimate of drug-likeness (QED) is 0.890. The molecule has 2 aromatic carbocycles. The molecule has 18 heavy (non-hydrogen) atoms. The van der Waals surface area contributed by atoms with E-state index in [1.165, 1.54) is 17.8 Å². The molecule has 1 amide bonds. The van der Waals surface area contributed by atoms with Crippen molar-refractivity contribution in [2.45, 2.75) is 16.7 Å². The SMILES string of the molecule is Cc1c(C(N)=O)ccc(O)c1Sc1ccccc1. The summed E-state index contributed by atoms with van der Waals surface area (Å²) in [7, 11) is 0. The summed E-state index contributed by atoms with van der Waals surface area (Å²) >= 11 is 1.41. The third-order valence-corrected chi connectivity index (χ3v) is 3.84. The first-order chi connectivity index (χ1) is 8.59. The van der Waals surface area contributed by atoms with Crippen LogP contribution in [0.3, 0.4) is 0 Å². The van der Waals surface area contributed by atoms with Gasteiger partial charge in [0.25, 0.3) is 0 Å². The van der Waals surface area contributed by atoms with Crippen LogP contribution < -0.4 is 5.73 Å². The monoisotopic (exact) mass is 259 g/mol. The van der Waals surface area contributed by atoms with E-state index in [9.17, 15) is 9.90 Å². The van der Waals surface area contributed by atoms with Crippen molar-refractivity contribution in [1.82, 2.24) is 0 Å². The Balaban J connectivity index is 2.44. The number of benzene rings is 2. The Morgan fingerprint density at radius 2 is 1.83 bits per heavy atom. The van der Waals surface area contributed by atoms with Crippen molar-refractivity contribution >= 4 is 17.7 Å². The normalized spacial score (nSPS) is 10.3. The third kappa shape index (κ3) is 2.49. The average Bonchev–Trinajstić information content (AvgIpc) is 2.35. The number of rotatable bonds is 3. The second-order valence-corrected chi connectivity index (χ2v) is 4.95. The van der Waals surface area contributed by atoms with Crippen LogP contribution in [0, 0.1) is 6.92 Å². The van der Waals surface area contributed by atoms with Gasteiger partial charge in [0, 0.05) is 10.5 Å². The fraction of sp³-hybridized carbons (Fsp3) is 0.0714. The molecule has 0 aliphatic rings. The molecule has 0 saturated carbocycles. The van der Waals surface area contributed by atoms with Gasteiger partial charge in [0.1, 0.15) is 5.75 Å². The topological polar surface area (TPSA) is 63.3 Å². The van der Waals surface area contributed by atoms with Gasteiger partial charge < -0.3 is 10.8 Å². The number of phenols is 1. The van der Waals surface area contributed by atoms with E-state index in [0.717, 1.165) is 4.90 Å². The smallest absolute Gasteiger partial charge is 0.249 e. The molecule has 0 fully saturated rings. The van der Waals surface area contributed by atoms with Gasteiger partial charge in [-0.1, -0.05) is 30.0 Å². The highest BCUT2D eigenvalue weighted by atomic mass is 32.2. The Morgan fingerprint density at radius 3 is 2.44 bits per heavy atom. The van der Waals surface area contributed by atoms with E-state index < -0.39 is 5.91 Å². The van der Waals surface area contributed by atoms with E-state index in [4.69, 9.17) is 5.73 Å². The zero-order chi connectivity index (χ0) is 13.1. The van der Waals surface area contributed by atoms with Crippen LogP contribution >= 0.6 is 11.8 Å². The van der Waals surface area contributed by atoms with Crippen molar-refractivity contribution in [3.63, 3.8) is 0 Å². The summed E-state index contributed by atoms with van der Waals surface area (Å²) in [6.45, 7) is 1.78. The van der Waals surface area contributed by atoms with Gasteiger partial charge in [-0.3, -0.25) is 4.79 Å². The van der Waals surface area contributed by atoms with E-state index in [2.05, 4.69) is 0 Å². The molecule has 0 saturated heterocycles. The number of carbonyl (C=O) groups excluding carboxylic acids is 1. The average molecular weight is 259 g/mol. The Morgan fingerprint density at radius 1 is 1.17 bits per heavy atom. The number of carbonyl (C=O) groups is 1. The van der Waals surface area contributed by atoms with Crippen LogP contribution in [0.15, 0.2) is 52.3 Å². The number of hydrogen-bond donors (Lipinski definition) is 2.